The van der Waals surface area contributed by atoms with E-state index >= 15 is 0 Å². The number of hydrogen-bond donors (Lipinski definition) is 1. The number of halogens is 2. The van der Waals surface area contributed by atoms with Gasteiger partial charge in [0.1, 0.15) is 0 Å². The van der Waals surface area contributed by atoms with Crippen molar-refractivity contribution in [2.24, 2.45) is 7.05 Å². The molecule has 1 aromatic carbocycles. The minimum absolute atomic E-state index is 0.128. The molecule has 0 aliphatic heterocycles. The van der Waals surface area contributed by atoms with E-state index in [1.807, 2.05) is 11.6 Å². The van der Waals surface area contributed by atoms with Gasteiger partial charge in [-0.3, -0.25) is 0 Å². The molecule has 1 N–H and O–H groups in total. The molecule has 2 aromatic heterocycles. The molecule has 1 fully saturated rings. The summed E-state index contributed by atoms with van der Waals surface area (Å²) in [4.78, 5) is 13.7. The van der Waals surface area contributed by atoms with Gasteiger partial charge in [-0.25, -0.2) is 23.7 Å². The third-order valence-electron chi connectivity index (χ3n) is 4.75. The lowest BCUT2D eigenvalue weighted by molar-refractivity contribution is 0.507. The van der Waals surface area contributed by atoms with Gasteiger partial charge in [0.05, 0.1) is 6.33 Å². The largest absolute Gasteiger partial charge is 0.365 e. The van der Waals surface area contributed by atoms with Gasteiger partial charge in [-0.2, -0.15) is 0 Å². The highest BCUT2D eigenvalue weighted by Crippen LogP contribution is 2.43. The van der Waals surface area contributed by atoms with Crippen LogP contribution >= 0.6 is 11.8 Å². The van der Waals surface area contributed by atoms with Crippen molar-refractivity contribution in [3.05, 3.63) is 41.7 Å². The van der Waals surface area contributed by atoms with E-state index in [0.717, 1.165) is 46.9 Å². The molecule has 1 aliphatic rings. The summed E-state index contributed by atoms with van der Waals surface area (Å²) in [6.45, 7) is 2.16. The summed E-state index contributed by atoms with van der Waals surface area (Å²) in [5.74, 6) is 0.200. The summed E-state index contributed by atoms with van der Waals surface area (Å²) >= 11 is 1.64. The fourth-order valence-electron chi connectivity index (χ4n) is 3.10. The van der Waals surface area contributed by atoms with E-state index in [0.29, 0.717) is 5.82 Å². The monoisotopic (exact) mass is 389 g/mol. The number of benzene rings is 1. The number of rotatable bonds is 7. The Labute approximate surface area is 160 Å². The Kier molecular flexibility index (Phi) is 4.99. The molecule has 3 aromatic rings. The Morgan fingerprint density at radius 3 is 2.89 bits per heavy atom. The highest BCUT2D eigenvalue weighted by atomic mass is 32.2. The second-order valence-corrected chi connectivity index (χ2v) is 7.91. The number of unbranched alkanes of at least 4 members (excludes halogenated alkanes) is 1. The molecule has 0 amide bonds. The topological polar surface area (TPSA) is 55.6 Å². The zero-order chi connectivity index (χ0) is 19.0. The van der Waals surface area contributed by atoms with Crippen LogP contribution in [-0.4, -0.2) is 31.3 Å². The lowest BCUT2D eigenvalue weighted by Gasteiger charge is -2.09. The average molecular weight is 389 g/mol. The normalized spacial score (nSPS) is 18.8. The molecule has 0 saturated heterocycles. The lowest BCUT2D eigenvalue weighted by Crippen LogP contribution is -2.08. The molecule has 5 nitrogen and oxygen atoms in total. The molecule has 1 aliphatic carbocycles. The van der Waals surface area contributed by atoms with Crippen molar-refractivity contribution in [2.45, 2.75) is 43.3 Å². The Morgan fingerprint density at radius 1 is 1.26 bits per heavy atom. The summed E-state index contributed by atoms with van der Waals surface area (Å²) in [6.07, 6.45) is 4.82. The van der Waals surface area contributed by atoms with Crippen LogP contribution in [0.3, 0.4) is 0 Å². The smallest absolute Gasteiger partial charge is 0.191 e. The minimum Gasteiger partial charge on any atom is -0.365 e. The molecular weight excluding hydrogens is 368 g/mol. The van der Waals surface area contributed by atoms with E-state index in [-0.39, 0.29) is 12.0 Å². The van der Waals surface area contributed by atoms with Crippen molar-refractivity contribution in [2.75, 3.05) is 11.1 Å². The van der Waals surface area contributed by atoms with Gasteiger partial charge in [0.15, 0.2) is 33.8 Å². The first-order valence-electron chi connectivity index (χ1n) is 9.10. The Bertz CT molecular complexity index is 974. The van der Waals surface area contributed by atoms with Crippen LogP contribution in [-0.2, 0) is 7.05 Å². The molecule has 2 atom stereocenters. The van der Waals surface area contributed by atoms with Gasteiger partial charge in [-0.1, -0.05) is 31.2 Å². The number of aromatic nitrogens is 4. The maximum absolute atomic E-state index is 13.5. The highest BCUT2D eigenvalue weighted by molar-refractivity contribution is 7.99. The van der Waals surface area contributed by atoms with Gasteiger partial charge >= 0.3 is 0 Å². The zero-order valence-electron chi connectivity index (χ0n) is 15.2. The fraction of sp³-hybridized carbons (Fsp3) is 0.421. The van der Waals surface area contributed by atoms with E-state index < -0.39 is 11.6 Å². The van der Waals surface area contributed by atoms with Crippen LogP contribution in [0.5, 0.6) is 0 Å². The van der Waals surface area contributed by atoms with E-state index in [1.54, 1.807) is 24.2 Å². The van der Waals surface area contributed by atoms with E-state index in [1.165, 1.54) is 12.1 Å². The maximum atomic E-state index is 13.5. The highest BCUT2D eigenvalue weighted by Gasteiger charge is 2.39. The number of hydrogen-bond acceptors (Lipinski definition) is 5. The Morgan fingerprint density at radius 2 is 2.11 bits per heavy atom. The van der Waals surface area contributed by atoms with Crippen LogP contribution in [0, 0.1) is 11.6 Å². The molecule has 142 valence electrons. The van der Waals surface area contributed by atoms with Crippen LogP contribution in [0.4, 0.5) is 14.6 Å². The fourth-order valence-corrected chi connectivity index (χ4v) is 4.02. The van der Waals surface area contributed by atoms with E-state index in [4.69, 9.17) is 0 Å². The predicted molar refractivity (Wildman–Crippen MR) is 103 cm³/mol. The van der Waals surface area contributed by atoms with Gasteiger partial charge < -0.3 is 9.88 Å². The van der Waals surface area contributed by atoms with Crippen molar-refractivity contribution >= 4 is 28.7 Å². The molecule has 2 heterocycles. The number of nitrogens with zero attached hydrogens (tertiary/aromatic N) is 4. The Hall–Kier alpha value is -2.22. The van der Waals surface area contributed by atoms with Crippen LogP contribution in [0.15, 0.2) is 29.7 Å². The van der Waals surface area contributed by atoms with Crippen LogP contribution in [0.1, 0.15) is 37.7 Å². The third-order valence-corrected chi connectivity index (χ3v) is 5.69. The first-order chi connectivity index (χ1) is 13.1. The van der Waals surface area contributed by atoms with Crippen LogP contribution < -0.4 is 5.32 Å². The van der Waals surface area contributed by atoms with Crippen molar-refractivity contribution in [3.63, 3.8) is 0 Å². The van der Waals surface area contributed by atoms with Gasteiger partial charge in [0.2, 0.25) is 0 Å². The molecule has 1 saturated carbocycles. The molecule has 0 spiro atoms. The number of imidazole rings is 1. The number of nitrogens with one attached hydrogen (secondary N) is 1. The lowest BCUT2D eigenvalue weighted by atomic mass is 10.1. The van der Waals surface area contributed by atoms with Gasteiger partial charge in [-0.15, -0.1) is 0 Å². The molecule has 8 heteroatoms. The molecule has 0 bridgehead atoms. The van der Waals surface area contributed by atoms with Gasteiger partial charge in [0, 0.05) is 24.8 Å². The van der Waals surface area contributed by atoms with Crippen molar-refractivity contribution in [3.8, 4) is 0 Å². The minimum atomic E-state index is -0.816. The van der Waals surface area contributed by atoms with Crippen molar-refractivity contribution in [1.82, 2.24) is 19.5 Å². The van der Waals surface area contributed by atoms with E-state index in [9.17, 15) is 8.78 Å². The average Bonchev–Trinajstić information content (AvgIpc) is 3.32. The SMILES string of the molecule is CCCCSc1nc(N[C@@H]2C[C@H]2c2ccc(F)c(F)c2)c2ncn(C)c2n1. The van der Waals surface area contributed by atoms with Crippen molar-refractivity contribution in [1.29, 1.82) is 0 Å². The molecule has 27 heavy (non-hydrogen) atoms. The predicted octanol–water partition coefficient (Wildman–Crippen LogP) is 4.50. The molecule has 0 unspecified atom stereocenters. The summed E-state index contributed by atoms with van der Waals surface area (Å²) in [7, 11) is 1.91. The summed E-state index contributed by atoms with van der Waals surface area (Å²) in [5, 5.41) is 4.16. The van der Waals surface area contributed by atoms with E-state index in [2.05, 4.69) is 27.2 Å². The molecule has 0 radical (unpaired) electrons. The first-order valence-corrected chi connectivity index (χ1v) is 10.1. The second kappa shape index (κ2) is 7.42. The summed E-state index contributed by atoms with van der Waals surface area (Å²) in [5.41, 5.74) is 2.32. The van der Waals surface area contributed by atoms with Gasteiger partial charge in [0.25, 0.3) is 0 Å². The summed E-state index contributed by atoms with van der Waals surface area (Å²) in [6, 6.07) is 4.24. The van der Waals surface area contributed by atoms with Crippen LogP contribution in [0.2, 0.25) is 0 Å². The third kappa shape index (κ3) is 3.76. The number of thioether (sulfide) groups is 1. The standard InChI is InChI=1S/C19H21F2N5S/c1-3-4-7-27-19-24-17(16-18(25-19)26(2)10-22-16)23-15-9-12(15)11-5-6-13(20)14(21)8-11/h5-6,8,10,12,15H,3-4,7,9H2,1-2H3,(H,23,24,25)/t12-,15+/m0/s1. The molecule has 4 rings (SSSR count). The first kappa shape index (κ1) is 18.2. The maximum Gasteiger partial charge on any atom is 0.191 e. The zero-order valence-corrected chi connectivity index (χ0v) is 16.1. The Balaban J connectivity index is 1.55. The number of fused-ring (bicyclic) bond motifs is 1. The van der Waals surface area contributed by atoms with Crippen molar-refractivity contribution < 1.29 is 8.78 Å². The van der Waals surface area contributed by atoms with Crippen LogP contribution in [0.25, 0.3) is 11.2 Å². The second-order valence-electron chi connectivity index (χ2n) is 6.85. The van der Waals surface area contributed by atoms with Gasteiger partial charge in [-0.05, 0) is 30.5 Å². The number of anilines is 1. The molecular formula is C19H21F2N5S. The quantitative estimate of drug-likeness (QED) is 0.366. The summed E-state index contributed by atoms with van der Waals surface area (Å²) < 4.78 is 28.5. The number of aryl methyl sites for hydroxylation is 1.